The van der Waals surface area contributed by atoms with Crippen molar-refractivity contribution in [1.29, 1.82) is 0 Å². The number of aromatic amines is 1. The molecule has 0 atom stereocenters. The summed E-state index contributed by atoms with van der Waals surface area (Å²) >= 11 is 5.14. The number of H-pyrrole nitrogens is 1. The Morgan fingerprint density at radius 2 is 1.79 bits per heavy atom. The molecule has 1 aliphatic rings. The van der Waals surface area contributed by atoms with Crippen molar-refractivity contribution in [3.05, 3.63) is 73.3 Å². The molecule has 2 aromatic carbocycles. The molecular weight excluding hydrogens is 512 g/mol. The van der Waals surface area contributed by atoms with Gasteiger partial charge in [-0.15, -0.1) is 11.3 Å². The van der Waals surface area contributed by atoms with Gasteiger partial charge in [-0.2, -0.15) is 0 Å². The number of fused-ring (bicyclic) bond motifs is 3. The van der Waals surface area contributed by atoms with E-state index in [1.165, 1.54) is 29.7 Å². The van der Waals surface area contributed by atoms with Crippen LogP contribution in [-0.4, -0.2) is 16.6 Å². The second kappa shape index (κ2) is 10.3. The minimum Gasteiger partial charge on any atom is -0.490 e. The van der Waals surface area contributed by atoms with Gasteiger partial charge < -0.3 is 14.5 Å². The minimum absolute atomic E-state index is 0.0494. The van der Waals surface area contributed by atoms with E-state index in [4.69, 9.17) is 14.5 Å². The van der Waals surface area contributed by atoms with Crippen LogP contribution in [0.25, 0.3) is 21.6 Å². The Kier molecular flexibility index (Phi) is 7.02. The van der Waals surface area contributed by atoms with Crippen molar-refractivity contribution in [2.24, 2.45) is 0 Å². The van der Waals surface area contributed by atoms with Gasteiger partial charge in [0.1, 0.15) is 17.3 Å². The van der Waals surface area contributed by atoms with Crippen LogP contribution in [0.3, 0.4) is 0 Å². The van der Waals surface area contributed by atoms with Crippen LogP contribution in [0, 0.1) is 0 Å². The van der Waals surface area contributed by atoms with Crippen LogP contribution in [0.2, 0.25) is 0 Å². The number of nitrogens with one attached hydrogen (secondary N) is 1. The number of aromatic nitrogens is 2. The number of halogens is 1. The van der Waals surface area contributed by atoms with Gasteiger partial charge >= 0.3 is 0 Å². The number of hydrogen-bond acceptors (Lipinski definition) is 5. The molecule has 2 aromatic heterocycles. The maximum absolute atomic E-state index is 13.1. The maximum atomic E-state index is 13.1. The lowest BCUT2D eigenvalue weighted by molar-refractivity contribution is 0.269. The summed E-state index contributed by atoms with van der Waals surface area (Å²) < 4.78 is 13.0. The molecule has 0 spiro atoms. The van der Waals surface area contributed by atoms with Crippen molar-refractivity contribution in [3.63, 3.8) is 0 Å². The molecule has 0 radical (unpaired) electrons. The first kappa shape index (κ1) is 23.1. The van der Waals surface area contributed by atoms with Gasteiger partial charge in [-0.1, -0.05) is 40.9 Å². The highest BCUT2D eigenvalue weighted by atomic mass is 79.9. The highest BCUT2D eigenvalue weighted by Crippen LogP contribution is 2.35. The van der Waals surface area contributed by atoms with Crippen molar-refractivity contribution in [1.82, 2.24) is 9.97 Å². The van der Waals surface area contributed by atoms with E-state index in [9.17, 15) is 4.79 Å². The van der Waals surface area contributed by atoms with Gasteiger partial charge in [0.25, 0.3) is 5.56 Å². The Bertz CT molecular complexity index is 1360. The molecule has 0 fully saturated rings. The molecule has 1 aliphatic carbocycles. The van der Waals surface area contributed by atoms with Crippen LogP contribution in [-0.2, 0) is 19.4 Å². The lowest BCUT2D eigenvalue weighted by Gasteiger charge is -2.13. The van der Waals surface area contributed by atoms with Gasteiger partial charge in [-0.05, 0) is 74.1 Å². The molecular formula is C27H27BrN2O3S. The van der Waals surface area contributed by atoms with E-state index in [1.54, 1.807) is 11.3 Å². The van der Waals surface area contributed by atoms with Gasteiger partial charge in [0.2, 0.25) is 0 Å². The average Bonchev–Trinajstić information content (AvgIpc) is 3.16. The summed E-state index contributed by atoms with van der Waals surface area (Å²) in [5, 5.41) is 0.783. The molecule has 1 N–H and O–H groups in total. The number of aryl methyl sites for hydroxylation is 2. The summed E-state index contributed by atoms with van der Waals surface area (Å²) in [7, 11) is 0. The van der Waals surface area contributed by atoms with Crippen LogP contribution in [0.5, 0.6) is 11.5 Å². The molecule has 0 aliphatic heterocycles. The molecule has 0 bridgehead atoms. The lowest BCUT2D eigenvalue weighted by Crippen LogP contribution is -2.10. The van der Waals surface area contributed by atoms with E-state index >= 15 is 0 Å². The van der Waals surface area contributed by atoms with E-state index in [0.717, 1.165) is 45.1 Å². The van der Waals surface area contributed by atoms with Crippen LogP contribution in [0.15, 0.2) is 51.7 Å². The summed E-state index contributed by atoms with van der Waals surface area (Å²) in [6.07, 6.45) is 6.83. The van der Waals surface area contributed by atoms with Crippen molar-refractivity contribution in [2.45, 2.75) is 52.1 Å². The van der Waals surface area contributed by atoms with Gasteiger partial charge in [-0.25, -0.2) is 4.98 Å². The van der Waals surface area contributed by atoms with E-state index in [-0.39, 0.29) is 5.56 Å². The summed E-state index contributed by atoms with van der Waals surface area (Å²) in [6.45, 7) is 2.89. The Morgan fingerprint density at radius 1 is 1.00 bits per heavy atom. The van der Waals surface area contributed by atoms with E-state index in [1.807, 2.05) is 49.4 Å². The van der Waals surface area contributed by atoms with Crippen molar-refractivity contribution < 1.29 is 9.47 Å². The van der Waals surface area contributed by atoms with Crippen LogP contribution < -0.4 is 15.0 Å². The minimum atomic E-state index is -0.0494. The number of rotatable bonds is 6. The van der Waals surface area contributed by atoms with Crippen molar-refractivity contribution in [2.75, 3.05) is 6.61 Å². The zero-order chi connectivity index (χ0) is 23.5. The summed E-state index contributed by atoms with van der Waals surface area (Å²) in [5.74, 6) is 1.86. The molecule has 4 aromatic rings. The number of hydrogen-bond donors (Lipinski definition) is 1. The number of nitrogens with zero attached hydrogens (tertiary/aromatic N) is 1. The zero-order valence-corrected chi connectivity index (χ0v) is 21.6. The van der Waals surface area contributed by atoms with Gasteiger partial charge in [0.05, 0.1) is 12.0 Å². The largest absolute Gasteiger partial charge is 0.490 e. The van der Waals surface area contributed by atoms with Gasteiger partial charge in [-0.3, -0.25) is 4.79 Å². The topological polar surface area (TPSA) is 64.2 Å². The Hall–Kier alpha value is -2.64. The second-order valence-electron chi connectivity index (χ2n) is 8.52. The van der Waals surface area contributed by atoms with Crippen LogP contribution in [0.1, 0.15) is 48.6 Å². The average molecular weight is 539 g/mol. The van der Waals surface area contributed by atoms with E-state index in [2.05, 4.69) is 20.9 Å². The Labute approximate surface area is 211 Å². The van der Waals surface area contributed by atoms with Crippen LogP contribution in [0.4, 0.5) is 0 Å². The molecule has 5 rings (SSSR count). The fraction of sp³-hybridized carbons (Fsp3) is 0.333. The predicted octanol–water partition coefficient (Wildman–Crippen LogP) is 7.05. The zero-order valence-electron chi connectivity index (χ0n) is 19.2. The molecule has 0 unspecified atom stereocenters. The monoisotopic (exact) mass is 538 g/mol. The lowest BCUT2D eigenvalue weighted by atomic mass is 9.98. The quantitative estimate of drug-likeness (QED) is 0.285. The maximum Gasteiger partial charge on any atom is 0.260 e. The Morgan fingerprint density at radius 3 is 2.59 bits per heavy atom. The Balaban J connectivity index is 1.46. The fourth-order valence-corrected chi connectivity index (χ4v) is 5.97. The molecule has 2 heterocycles. The summed E-state index contributed by atoms with van der Waals surface area (Å²) in [6, 6.07) is 13.7. The first-order valence-electron chi connectivity index (χ1n) is 11.8. The third kappa shape index (κ3) is 4.91. The highest BCUT2D eigenvalue weighted by molar-refractivity contribution is 9.10. The molecule has 0 amide bonds. The second-order valence-corrected chi connectivity index (χ2v) is 10.5. The van der Waals surface area contributed by atoms with E-state index < -0.39 is 0 Å². The van der Waals surface area contributed by atoms with Crippen molar-refractivity contribution >= 4 is 37.5 Å². The van der Waals surface area contributed by atoms with Crippen LogP contribution >= 0.6 is 27.3 Å². The smallest absolute Gasteiger partial charge is 0.260 e. The van der Waals surface area contributed by atoms with Gasteiger partial charge in [0, 0.05) is 14.9 Å². The molecule has 5 nitrogen and oxygen atoms in total. The van der Waals surface area contributed by atoms with Gasteiger partial charge in [0.15, 0.2) is 11.5 Å². The molecule has 0 saturated carbocycles. The molecule has 34 heavy (non-hydrogen) atoms. The fourth-order valence-electron chi connectivity index (χ4n) is 4.44. The molecule has 176 valence electrons. The highest BCUT2D eigenvalue weighted by Gasteiger charge is 2.19. The molecule has 7 heteroatoms. The van der Waals surface area contributed by atoms with Crippen molar-refractivity contribution in [3.8, 4) is 22.9 Å². The molecule has 0 saturated heterocycles. The first-order chi connectivity index (χ1) is 16.6. The van der Waals surface area contributed by atoms with E-state index in [0.29, 0.717) is 30.5 Å². The summed E-state index contributed by atoms with van der Waals surface area (Å²) in [4.78, 5) is 23.2. The SMILES string of the molecule is CCOc1cc(-c2nc3sc4c(c3c(=O)[nH]2)CCCCCC4)ccc1OCc1ccc(Br)cc1. The number of ether oxygens (including phenoxy) is 2. The normalized spacial score (nSPS) is 13.8. The third-order valence-electron chi connectivity index (χ3n) is 6.15. The number of benzene rings is 2. The first-order valence-corrected chi connectivity index (χ1v) is 13.4. The predicted molar refractivity (Wildman–Crippen MR) is 141 cm³/mol. The summed E-state index contributed by atoms with van der Waals surface area (Å²) in [5.41, 5.74) is 3.04. The third-order valence-corrected chi connectivity index (χ3v) is 7.86. The number of thiophene rings is 1. The standard InChI is InChI=1S/C27H27BrN2O3S/c1-2-32-22-15-18(11-14-21(22)33-16-17-9-12-19(28)13-10-17)25-29-26(31)24-20-7-5-3-4-6-8-23(20)34-27(24)30-25/h9-15H,2-8,16H2,1H3,(H,29,30,31).